The lowest BCUT2D eigenvalue weighted by molar-refractivity contribution is 0.0743. The van der Waals surface area contributed by atoms with Gasteiger partial charge < -0.3 is 24.0 Å². The van der Waals surface area contributed by atoms with Gasteiger partial charge in [0.1, 0.15) is 17.2 Å². The van der Waals surface area contributed by atoms with Gasteiger partial charge in [0.2, 0.25) is 0 Å². The first-order valence-corrected chi connectivity index (χ1v) is 8.56. The lowest BCUT2D eigenvalue weighted by atomic mass is 10.1. The molecule has 2 aromatic carbocycles. The van der Waals surface area contributed by atoms with E-state index >= 15 is 0 Å². The van der Waals surface area contributed by atoms with Crippen molar-refractivity contribution >= 4 is 11.6 Å². The van der Waals surface area contributed by atoms with E-state index in [4.69, 9.17) is 14.2 Å². The molecule has 2 aromatic rings. The summed E-state index contributed by atoms with van der Waals surface area (Å²) in [5, 5.41) is 0. The molecule has 0 aromatic heterocycles. The number of nitrogens with zero attached hydrogens (tertiary/aromatic N) is 2. The molecule has 1 aliphatic heterocycles. The summed E-state index contributed by atoms with van der Waals surface area (Å²) in [7, 11) is 4.82. The van der Waals surface area contributed by atoms with Crippen LogP contribution >= 0.6 is 0 Å². The second-order valence-corrected chi connectivity index (χ2v) is 6.05. The largest absolute Gasteiger partial charge is 0.497 e. The van der Waals surface area contributed by atoms with Gasteiger partial charge in [-0.15, -0.1) is 0 Å². The number of methoxy groups -OCH3 is 3. The van der Waals surface area contributed by atoms with Crippen LogP contribution in [-0.2, 0) is 0 Å². The van der Waals surface area contributed by atoms with Crippen molar-refractivity contribution in [3.8, 4) is 17.2 Å². The minimum absolute atomic E-state index is 0.0187. The van der Waals surface area contributed by atoms with E-state index in [1.807, 2.05) is 23.1 Å². The van der Waals surface area contributed by atoms with Gasteiger partial charge in [-0.2, -0.15) is 0 Å². The van der Waals surface area contributed by atoms with Crippen LogP contribution in [0.3, 0.4) is 0 Å². The first-order valence-electron chi connectivity index (χ1n) is 8.56. The number of hydrogen-bond acceptors (Lipinski definition) is 5. The summed E-state index contributed by atoms with van der Waals surface area (Å²) in [4.78, 5) is 17.0. The normalized spacial score (nSPS) is 14.1. The Balaban J connectivity index is 1.68. The van der Waals surface area contributed by atoms with Crippen molar-refractivity contribution in [3.63, 3.8) is 0 Å². The first kappa shape index (κ1) is 17.9. The van der Waals surface area contributed by atoms with Crippen LogP contribution in [-0.4, -0.2) is 58.3 Å². The summed E-state index contributed by atoms with van der Waals surface area (Å²) in [6, 6.07) is 13.3. The first-order chi connectivity index (χ1) is 12.7. The number of ether oxygens (including phenoxy) is 3. The number of piperazine rings is 1. The van der Waals surface area contributed by atoms with Gasteiger partial charge in [-0.1, -0.05) is 6.07 Å². The van der Waals surface area contributed by atoms with Gasteiger partial charge in [-0.05, 0) is 24.3 Å². The fourth-order valence-corrected chi connectivity index (χ4v) is 3.12. The monoisotopic (exact) mass is 356 g/mol. The topological polar surface area (TPSA) is 51.2 Å². The van der Waals surface area contributed by atoms with Crippen LogP contribution in [0, 0.1) is 0 Å². The lowest BCUT2D eigenvalue weighted by Crippen LogP contribution is -2.48. The van der Waals surface area contributed by atoms with Crippen LogP contribution in [0.2, 0.25) is 0 Å². The molecule has 6 nitrogen and oxygen atoms in total. The average molecular weight is 356 g/mol. The van der Waals surface area contributed by atoms with Gasteiger partial charge in [-0.25, -0.2) is 0 Å². The summed E-state index contributed by atoms with van der Waals surface area (Å²) < 4.78 is 15.9. The fourth-order valence-electron chi connectivity index (χ4n) is 3.12. The molecule has 6 heteroatoms. The van der Waals surface area contributed by atoms with Crippen molar-refractivity contribution < 1.29 is 19.0 Å². The van der Waals surface area contributed by atoms with Crippen LogP contribution in [0.25, 0.3) is 0 Å². The number of anilines is 1. The van der Waals surface area contributed by atoms with E-state index in [0.717, 1.165) is 24.5 Å². The van der Waals surface area contributed by atoms with E-state index in [1.165, 1.54) is 0 Å². The quantitative estimate of drug-likeness (QED) is 0.824. The molecule has 1 amide bonds. The SMILES string of the molecule is COc1cccc(N2CCN(C(=O)c3ccc(OC)cc3OC)CC2)c1. The molecule has 0 saturated carbocycles. The zero-order chi connectivity index (χ0) is 18.5. The summed E-state index contributed by atoms with van der Waals surface area (Å²) in [5.41, 5.74) is 1.67. The van der Waals surface area contributed by atoms with E-state index < -0.39 is 0 Å². The van der Waals surface area contributed by atoms with Gasteiger partial charge in [0.25, 0.3) is 5.91 Å². The standard InChI is InChI=1S/C20H24N2O4/c1-24-16-6-4-5-15(13-16)21-9-11-22(12-10-21)20(23)18-8-7-17(25-2)14-19(18)26-3/h4-8,13-14H,9-12H2,1-3H3. The van der Waals surface area contributed by atoms with Crippen molar-refractivity contribution in [1.29, 1.82) is 0 Å². The molecule has 0 spiro atoms. The highest BCUT2D eigenvalue weighted by Gasteiger charge is 2.24. The van der Waals surface area contributed by atoms with E-state index in [0.29, 0.717) is 30.2 Å². The number of benzene rings is 2. The van der Waals surface area contributed by atoms with Gasteiger partial charge in [0.05, 0.1) is 26.9 Å². The molecule has 3 rings (SSSR count). The number of amides is 1. The summed E-state index contributed by atoms with van der Waals surface area (Å²) >= 11 is 0. The molecule has 0 unspecified atom stereocenters. The van der Waals surface area contributed by atoms with Crippen molar-refractivity contribution in [2.24, 2.45) is 0 Å². The van der Waals surface area contributed by atoms with E-state index in [9.17, 15) is 4.79 Å². The van der Waals surface area contributed by atoms with E-state index in [-0.39, 0.29) is 5.91 Å². The summed E-state index contributed by atoms with van der Waals surface area (Å²) in [5.74, 6) is 2.02. The second-order valence-electron chi connectivity index (χ2n) is 6.05. The van der Waals surface area contributed by atoms with Crippen LogP contribution in [0.4, 0.5) is 5.69 Å². The second kappa shape index (κ2) is 7.99. The van der Waals surface area contributed by atoms with Crippen molar-refractivity contribution in [2.45, 2.75) is 0 Å². The molecular weight excluding hydrogens is 332 g/mol. The van der Waals surface area contributed by atoms with Crippen LogP contribution < -0.4 is 19.1 Å². The maximum atomic E-state index is 12.9. The van der Waals surface area contributed by atoms with Crippen molar-refractivity contribution in [3.05, 3.63) is 48.0 Å². The Morgan fingerprint density at radius 3 is 2.19 bits per heavy atom. The Kier molecular flexibility index (Phi) is 5.51. The molecule has 0 atom stereocenters. The Morgan fingerprint density at radius 1 is 0.846 bits per heavy atom. The predicted molar refractivity (Wildman–Crippen MR) is 101 cm³/mol. The van der Waals surface area contributed by atoms with E-state index in [1.54, 1.807) is 39.5 Å². The van der Waals surface area contributed by atoms with Crippen molar-refractivity contribution in [1.82, 2.24) is 4.90 Å². The molecule has 138 valence electrons. The molecule has 0 N–H and O–H groups in total. The Morgan fingerprint density at radius 2 is 1.54 bits per heavy atom. The third-order valence-electron chi connectivity index (χ3n) is 4.62. The average Bonchev–Trinajstić information content (AvgIpc) is 2.72. The molecule has 0 aliphatic carbocycles. The maximum Gasteiger partial charge on any atom is 0.257 e. The van der Waals surface area contributed by atoms with E-state index in [2.05, 4.69) is 11.0 Å². The van der Waals surface area contributed by atoms with Crippen LogP contribution in [0.1, 0.15) is 10.4 Å². The maximum absolute atomic E-state index is 12.9. The van der Waals surface area contributed by atoms with Gasteiger partial charge in [0, 0.05) is 44.0 Å². The predicted octanol–water partition coefficient (Wildman–Crippen LogP) is 2.67. The summed E-state index contributed by atoms with van der Waals surface area (Å²) in [6.45, 7) is 2.87. The smallest absolute Gasteiger partial charge is 0.257 e. The molecular formula is C20H24N2O4. The molecule has 0 bridgehead atoms. The zero-order valence-electron chi connectivity index (χ0n) is 15.4. The molecule has 1 fully saturated rings. The molecule has 26 heavy (non-hydrogen) atoms. The molecule has 1 heterocycles. The van der Waals surface area contributed by atoms with Gasteiger partial charge >= 0.3 is 0 Å². The Hall–Kier alpha value is -2.89. The fraction of sp³-hybridized carbons (Fsp3) is 0.350. The number of rotatable bonds is 5. The highest BCUT2D eigenvalue weighted by atomic mass is 16.5. The molecule has 1 saturated heterocycles. The minimum atomic E-state index is -0.0187. The highest BCUT2D eigenvalue weighted by molar-refractivity contribution is 5.97. The van der Waals surface area contributed by atoms with Crippen LogP contribution in [0.15, 0.2) is 42.5 Å². The lowest BCUT2D eigenvalue weighted by Gasteiger charge is -2.36. The molecule has 0 radical (unpaired) electrons. The number of carbonyl (C=O) groups is 1. The number of carbonyl (C=O) groups excluding carboxylic acids is 1. The van der Waals surface area contributed by atoms with Crippen LogP contribution in [0.5, 0.6) is 17.2 Å². The Bertz CT molecular complexity index is 770. The van der Waals surface area contributed by atoms with Gasteiger partial charge in [0.15, 0.2) is 0 Å². The van der Waals surface area contributed by atoms with Gasteiger partial charge in [-0.3, -0.25) is 4.79 Å². The Labute approximate surface area is 153 Å². The van der Waals surface area contributed by atoms with Crippen molar-refractivity contribution in [2.75, 3.05) is 52.4 Å². The zero-order valence-corrected chi connectivity index (χ0v) is 15.4. The summed E-state index contributed by atoms with van der Waals surface area (Å²) in [6.07, 6.45) is 0. The number of hydrogen-bond donors (Lipinski definition) is 0. The third-order valence-corrected chi connectivity index (χ3v) is 4.62. The highest BCUT2D eigenvalue weighted by Crippen LogP contribution is 2.27. The minimum Gasteiger partial charge on any atom is -0.497 e. The third kappa shape index (κ3) is 3.69. The molecule has 1 aliphatic rings.